The standard InChI is InChI=1S/C16H20BrN3O/c1-5-18-10(2)13-9-19-16(20-11(13)3)12-6-7-15(21-4)14(17)8-12/h6-10,18H,5H2,1-4H3. The minimum atomic E-state index is 0.256. The fourth-order valence-electron chi connectivity index (χ4n) is 2.26. The molecule has 4 nitrogen and oxygen atoms in total. The van der Waals surface area contributed by atoms with Crippen molar-refractivity contribution in [2.24, 2.45) is 0 Å². The molecule has 1 aromatic heterocycles. The lowest BCUT2D eigenvalue weighted by Crippen LogP contribution is -2.19. The van der Waals surface area contributed by atoms with E-state index in [9.17, 15) is 0 Å². The molecular formula is C16H20BrN3O. The summed E-state index contributed by atoms with van der Waals surface area (Å²) in [4.78, 5) is 9.13. The zero-order chi connectivity index (χ0) is 15.4. The molecule has 2 rings (SSSR count). The van der Waals surface area contributed by atoms with E-state index < -0.39 is 0 Å². The molecule has 0 saturated heterocycles. The average molecular weight is 350 g/mol. The van der Waals surface area contributed by atoms with Crippen molar-refractivity contribution in [3.8, 4) is 17.1 Å². The smallest absolute Gasteiger partial charge is 0.159 e. The van der Waals surface area contributed by atoms with Crippen LogP contribution in [0.4, 0.5) is 0 Å². The van der Waals surface area contributed by atoms with Crippen LogP contribution in [0.25, 0.3) is 11.4 Å². The predicted octanol–water partition coefficient (Wildman–Crippen LogP) is 3.89. The molecule has 0 spiro atoms. The summed E-state index contributed by atoms with van der Waals surface area (Å²) in [6.45, 7) is 7.16. The van der Waals surface area contributed by atoms with Crippen LogP contribution in [0.5, 0.6) is 5.75 Å². The summed E-state index contributed by atoms with van der Waals surface area (Å²) >= 11 is 3.49. The van der Waals surface area contributed by atoms with E-state index in [1.165, 1.54) is 0 Å². The number of benzene rings is 1. The van der Waals surface area contributed by atoms with Crippen molar-refractivity contribution in [2.45, 2.75) is 26.8 Å². The molecule has 0 aliphatic heterocycles. The first-order valence-electron chi connectivity index (χ1n) is 6.97. The highest BCUT2D eigenvalue weighted by Crippen LogP contribution is 2.29. The Morgan fingerprint density at radius 1 is 1.38 bits per heavy atom. The topological polar surface area (TPSA) is 47.0 Å². The van der Waals surface area contributed by atoms with Gasteiger partial charge in [-0.25, -0.2) is 9.97 Å². The van der Waals surface area contributed by atoms with Crippen LogP contribution in [-0.4, -0.2) is 23.6 Å². The third-order valence-corrected chi connectivity index (χ3v) is 4.02. The van der Waals surface area contributed by atoms with E-state index in [0.29, 0.717) is 0 Å². The van der Waals surface area contributed by atoms with Gasteiger partial charge in [0.15, 0.2) is 5.82 Å². The zero-order valence-electron chi connectivity index (χ0n) is 12.8. The Hall–Kier alpha value is -1.46. The summed E-state index contributed by atoms with van der Waals surface area (Å²) in [5.41, 5.74) is 3.10. The molecule has 112 valence electrons. The van der Waals surface area contributed by atoms with E-state index >= 15 is 0 Å². The van der Waals surface area contributed by atoms with E-state index in [0.717, 1.165) is 39.4 Å². The number of aryl methyl sites for hydroxylation is 1. The molecule has 1 aromatic carbocycles. The number of aromatic nitrogens is 2. The first-order valence-corrected chi connectivity index (χ1v) is 7.77. The van der Waals surface area contributed by atoms with E-state index in [1.54, 1.807) is 7.11 Å². The number of halogens is 1. The second-order valence-corrected chi connectivity index (χ2v) is 5.72. The molecule has 1 atom stereocenters. The normalized spacial score (nSPS) is 12.2. The first kappa shape index (κ1) is 15.9. The number of methoxy groups -OCH3 is 1. The molecule has 1 N–H and O–H groups in total. The molecule has 1 unspecified atom stereocenters. The third kappa shape index (κ3) is 3.60. The number of nitrogens with one attached hydrogen (secondary N) is 1. The van der Waals surface area contributed by atoms with Gasteiger partial charge < -0.3 is 10.1 Å². The monoisotopic (exact) mass is 349 g/mol. The molecule has 0 fully saturated rings. The Balaban J connectivity index is 2.33. The Kier molecular flexibility index (Phi) is 5.31. The van der Waals surface area contributed by atoms with Gasteiger partial charge in [-0.1, -0.05) is 6.92 Å². The molecule has 0 aliphatic carbocycles. The summed E-state index contributed by atoms with van der Waals surface area (Å²) in [6, 6.07) is 6.10. The molecule has 21 heavy (non-hydrogen) atoms. The van der Waals surface area contributed by atoms with Gasteiger partial charge in [0.25, 0.3) is 0 Å². The van der Waals surface area contributed by atoms with Crippen molar-refractivity contribution in [1.82, 2.24) is 15.3 Å². The summed E-state index contributed by atoms with van der Waals surface area (Å²) in [6.07, 6.45) is 1.91. The summed E-state index contributed by atoms with van der Waals surface area (Å²) < 4.78 is 6.14. The van der Waals surface area contributed by atoms with Gasteiger partial charge in [0.05, 0.1) is 11.6 Å². The van der Waals surface area contributed by atoms with Crippen molar-refractivity contribution < 1.29 is 4.74 Å². The predicted molar refractivity (Wildman–Crippen MR) is 88.5 cm³/mol. The van der Waals surface area contributed by atoms with Gasteiger partial charge in [-0.2, -0.15) is 0 Å². The molecule has 0 amide bonds. The van der Waals surface area contributed by atoms with Crippen LogP contribution in [0, 0.1) is 6.92 Å². The number of hydrogen-bond acceptors (Lipinski definition) is 4. The van der Waals surface area contributed by atoms with Crippen molar-refractivity contribution in [3.63, 3.8) is 0 Å². The number of nitrogens with zero attached hydrogens (tertiary/aromatic N) is 2. The third-order valence-electron chi connectivity index (χ3n) is 3.40. The summed E-state index contributed by atoms with van der Waals surface area (Å²) in [7, 11) is 1.65. The van der Waals surface area contributed by atoms with Gasteiger partial charge in [-0.15, -0.1) is 0 Å². The van der Waals surface area contributed by atoms with Gasteiger partial charge >= 0.3 is 0 Å². The molecular weight excluding hydrogens is 330 g/mol. The second-order valence-electron chi connectivity index (χ2n) is 4.86. The average Bonchev–Trinajstić information content (AvgIpc) is 2.47. The Labute approximate surface area is 134 Å². The SMILES string of the molecule is CCNC(C)c1cnc(-c2ccc(OC)c(Br)c2)nc1C. The van der Waals surface area contributed by atoms with Gasteiger partial charge in [0.2, 0.25) is 0 Å². The molecule has 0 saturated carbocycles. The van der Waals surface area contributed by atoms with Crippen molar-refractivity contribution >= 4 is 15.9 Å². The van der Waals surface area contributed by atoms with Crippen molar-refractivity contribution in [3.05, 3.63) is 40.1 Å². The summed E-state index contributed by atoms with van der Waals surface area (Å²) in [5.74, 6) is 1.52. The minimum Gasteiger partial charge on any atom is -0.496 e. The molecule has 0 radical (unpaired) electrons. The zero-order valence-corrected chi connectivity index (χ0v) is 14.4. The van der Waals surface area contributed by atoms with Crippen LogP contribution in [-0.2, 0) is 0 Å². The number of hydrogen-bond donors (Lipinski definition) is 1. The van der Waals surface area contributed by atoms with Crippen molar-refractivity contribution in [2.75, 3.05) is 13.7 Å². The largest absolute Gasteiger partial charge is 0.496 e. The van der Waals surface area contributed by atoms with E-state index in [4.69, 9.17) is 4.74 Å². The fourth-order valence-corrected chi connectivity index (χ4v) is 2.80. The second kappa shape index (κ2) is 7.00. The van der Waals surface area contributed by atoms with E-state index in [2.05, 4.69) is 45.1 Å². The van der Waals surface area contributed by atoms with Crippen molar-refractivity contribution in [1.29, 1.82) is 0 Å². The molecule has 1 heterocycles. The molecule has 0 aliphatic rings. The van der Waals surface area contributed by atoms with Crippen LogP contribution < -0.4 is 10.1 Å². The maximum atomic E-state index is 5.24. The maximum Gasteiger partial charge on any atom is 0.159 e. The lowest BCUT2D eigenvalue weighted by Gasteiger charge is -2.15. The van der Waals surface area contributed by atoms with E-state index in [1.807, 2.05) is 31.3 Å². The van der Waals surface area contributed by atoms with Gasteiger partial charge in [-0.3, -0.25) is 0 Å². The molecule has 2 aromatic rings. The highest BCUT2D eigenvalue weighted by atomic mass is 79.9. The Bertz CT molecular complexity index is 631. The Morgan fingerprint density at radius 3 is 2.71 bits per heavy atom. The van der Waals surface area contributed by atoms with Crippen LogP contribution in [0.3, 0.4) is 0 Å². The first-order chi connectivity index (χ1) is 10.1. The lowest BCUT2D eigenvalue weighted by molar-refractivity contribution is 0.412. The quantitative estimate of drug-likeness (QED) is 0.889. The Morgan fingerprint density at radius 2 is 2.14 bits per heavy atom. The van der Waals surface area contributed by atoms with Crippen LogP contribution >= 0.6 is 15.9 Å². The lowest BCUT2D eigenvalue weighted by atomic mass is 10.1. The molecule has 5 heteroatoms. The minimum absolute atomic E-state index is 0.256. The van der Waals surface area contributed by atoms with Gasteiger partial charge in [-0.05, 0) is 54.5 Å². The molecule has 0 bridgehead atoms. The number of rotatable bonds is 5. The maximum absolute atomic E-state index is 5.24. The van der Waals surface area contributed by atoms with Crippen LogP contribution in [0.2, 0.25) is 0 Å². The highest BCUT2D eigenvalue weighted by Gasteiger charge is 2.12. The van der Waals surface area contributed by atoms with Gasteiger partial charge in [0, 0.05) is 29.1 Å². The summed E-state index contributed by atoms with van der Waals surface area (Å²) in [5, 5.41) is 3.38. The van der Waals surface area contributed by atoms with Gasteiger partial charge in [0.1, 0.15) is 5.75 Å². The number of ether oxygens (including phenoxy) is 1. The fraction of sp³-hybridized carbons (Fsp3) is 0.375. The highest BCUT2D eigenvalue weighted by molar-refractivity contribution is 9.10. The van der Waals surface area contributed by atoms with Crippen LogP contribution in [0.1, 0.15) is 31.1 Å². The van der Waals surface area contributed by atoms with E-state index in [-0.39, 0.29) is 6.04 Å². The van der Waals surface area contributed by atoms with Crippen LogP contribution in [0.15, 0.2) is 28.9 Å².